The number of carbonyl (C=O) groups excluding carboxylic acids is 1. The maximum Gasteiger partial charge on any atom is 0.258 e. The first-order valence-electron chi connectivity index (χ1n) is 12.4. The molecule has 0 spiro atoms. The van der Waals surface area contributed by atoms with Crippen LogP contribution in [0.1, 0.15) is 24.8 Å². The number of hydrogen-bond acceptors (Lipinski definition) is 9. The van der Waals surface area contributed by atoms with Crippen LogP contribution in [0, 0.1) is 0 Å². The van der Waals surface area contributed by atoms with Gasteiger partial charge in [0.1, 0.15) is 24.0 Å². The Morgan fingerprint density at radius 3 is 2.74 bits per heavy atom. The van der Waals surface area contributed by atoms with E-state index in [-0.39, 0.29) is 23.8 Å². The molecule has 2 fully saturated rings. The van der Waals surface area contributed by atoms with Gasteiger partial charge in [-0.25, -0.2) is 18.4 Å². The topological polar surface area (TPSA) is 136 Å². The Kier molecular flexibility index (Phi) is 6.17. The largest absolute Gasteiger partial charge is 0.472 e. The van der Waals surface area contributed by atoms with E-state index in [0.29, 0.717) is 41.4 Å². The summed E-state index contributed by atoms with van der Waals surface area (Å²) >= 11 is 0. The number of likely N-dealkylation sites (tertiary alicyclic amines) is 1. The summed E-state index contributed by atoms with van der Waals surface area (Å²) < 4.78 is 34.2. The highest BCUT2D eigenvalue weighted by atomic mass is 19.3. The van der Waals surface area contributed by atoms with Gasteiger partial charge in [-0.15, -0.1) is 5.10 Å². The number of anilines is 2. The van der Waals surface area contributed by atoms with Crippen molar-refractivity contribution >= 4 is 17.5 Å². The number of hydrogen-bond donors (Lipinski definition) is 2. The normalized spacial score (nSPS) is 19.2. The molecule has 4 aromatic heterocycles. The van der Waals surface area contributed by atoms with E-state index in [1.165, 1.54) is 28.2 Å². The Morgan fingerprint density at radius 1 is 1.18 bits per heavy atom. The van der Waals surface area contributed by atoms with Crippen molar-refractivity contribution < 1.29 is 23.4 Å². The summed E-state index contributed by atoms with van der Waals surface area (Å²) in [5.41, 5.74) is 0.255. The van der Waals surface area contributed by atoms with Gasteiger partial charge < -0.3 is 20.1 Å². The van der Waals surface area contributed by atoms with Crippen molar-refractivity contribution in [2.24, 2.45) is 0 Å². The molecule has 0 unspecified atom stereocenters. The summed E-state index contributed by atoms with van der Waals surface area (Å²) in [6, 6.07) is 6.69. The minimum absolute atomic E-state index is 0.0238. The van der Waals surface area contributed by atoms with Crippen molar-refractivity contribution in [3.8, 4) is 23.1 Å². The monoisotopic (exact) mass is 537 g/mol. The van der Waals surface area contributed by atoms with Crippen LogP contribution < -0.4 is 10.1 Å². The molecule has 4 aromatic rings. The average molecular weight is 538 g/mol. The lowest BCUT2D eigenvalue weighted by Crippen LogP contribution is -2.36. The molecule has 0 aromatic carbocycles. The third kappa shape index (κ3) is 5.02. The molecule has 12 nitrogen and oxygen atoms in total. The van der Waals surface area contributed by atoms with E-state index in [9.17, 15) is 18.7 Å². The number of aliphatic hydroxyl groups is 1. The number of likely N-dealkylation sites (N-methyl/N-ethyl adjacent to an activating group) is 1. The average Bonchev–Trinajstić information content (AvgIpc) is 3.35. The van der Waals surface area contributed by atoms with Gasteiger partial charge in [0.05, 0.1) is 11.9 Å². The van der Waals surface area contributed by atoms with Crippen LogP contribution in [0.15, 0.2) is 49.1 Å². The SMILES string of the molecule is CN1CC[C@@](O)(c2ccnc(-c3ccn(-c4ccnc(Nc5cn(CC(F)F)nc5OC5CC5)n4)n3)c2)C1=O. The molecular formula is C25H25F2N9O3. The molecule has 0 radical (unpaired) electrons. The van der Waals surface area contributed by atoms with Gasteiger partial charge in [0.2, 0.25) is 5.95 Å². The van der Waals surface area contributed by atoms with Gasteiger partial charge in [0.25, 0.3) is 18.2 Å². The van der Waals surface area contributed by atoms with Crippen LogP contribution in [-0.4, -0.2) is 76.5 Å². The number of rotatable bonds is 9. The Hall–Kier alpha value is -4.46. The molecule has 1 amide bonds. The fourth-order valence-electron chi connectivity index (χ4n) is 4.35. The minimum atomic E-state index is -2.56. The maximum atomic E-state index is 12.9. The van der Waals surface area contributed by atoms with Crippen LogP contribution in [0.3, 0.4) is 0 Å². The number of nitrogens with one attached hydrogen (secondary N) is 1. The number of carbonyl (C=O) groups is 1. The third-order valence-corrected chi connectivity index (χ3v) is 6.58. The fraction of sp³-hybridized carbons (Fsp3) is 0.360. The summed E-state index contributed by atoms with van der Waals surface area (Å²) in [6.07, 6.45) is 5.74. The Morgan fingerprint density at radius 2 is 2.00 bits per heavy atom. The van der Waals surface area contributed by atoms with Gasteiger partial charge in [-0.2, -0.15) is 10.1 Å². The van der Waals surface area contributed by atoms with Crippen LogP contribution in [0.2, 0.25) is 0 Å². The summed E-state index contributed by atoms with van der Waals surface area (Å²) in [5.74, 6) is 0.503. The van der Waals surface area contributed by atoms with Crippen LogP contribution in [0.25, 0.3) is 17.2 Å². The second-order valence-corrected chi connectivity index (χ2v) is 9.55. The van der Waals surface area contributed by atoms with Gasteiger partial charge in [0, 0.05) is 44.7 Å². The smallest absolute Gasteiger partial charge is 0.258 e. The van der Waals surface area contributed by atoms with Gasteiger partial charge in [-0.05, 0) is 36.6 Å². The van der Waals surface area contributed by atoms with Gasteiger partial charge in [-0.1, -0.05) is 0 Å². The minimum Gasteiger partial charge on any atom is -0.472 e. The number of pyridine rings is 1. The molecular weight excluding hydrogens is 512 g/mol. The zero-order valence-corrected chi connectivity index (χ0v) is 20.9. The van der Waals surface area contributed by atoms with Crippen molar-refractivity contribution in [3.05, 3.63) is 54.6 Å². The second kappa shape index (κ2) is 9.69. The van der Waals surface area contributed by atoms with E-state index in [2.05, 4.69) is 30.5 Å². The lowest BCUT2D eigenvalue weighted by molar-refractivity contribution is -0.143. The molecule has 6 rings (SSSR count). The summed E-state index contributed by atoms with van der Waals surface area (Å²) in [5, 5.41) is 22.7. The zero-order chi connectivity index (χ0) is 27.1. The highest BCUT2D eigenvalue weighted by molar-refractivity contribution is 5.88. The molecule has 202 valence electrons. The predicted molar refractivity (Wildman–Crippen MR) is 134 cm³/mol. The van der Waals surface area contributed by atoms with E-state index < -0.39 is 18.6 Å². The molecule has 39 heavy (non-hydrogen) atoms. The Balaban J connectivity index is 1.23. The van der Waals surface area contributed by atoms with E-state index >= 15 is 0 Å². The lowest BCUT2D eigenvalue weighted by atomic mass is 9.92. The standard InChI is InChI=1S/C25H25F2N9O3/c1-34-11-7-25(38,23(34)37)15-4-8-28-18(12-15)17-6-10-36(32-17)21-5-9-29-24(31-21)30-19-13-35(14-20(26)27)33-22(19)39-16-2-3-16/h4-6,8-10,12-13,16,20,38H,2-3,7,11,14H2,1H3,(H,29,30,31)/t25-/m1/s1. The second-order valence-electron chi connectivity index (χ2n) is 9.55. The molecule has 14 heteroatoms. The molecule has 0 bridgehead atoms. The van der Waals surface area contributed by atoms with Crippen molar-refractivity contribution in [1.82, 2.24) is 39.4 Å². The summed E-state index contributed by atoms with van der Waals surface area (Å²) in [7, 11) is 1.66. The number of ether oxygens (including phenoxy) is 1. The highest BCUT2D eigenvalue weighted by Crippen LogP contribution is 2.34. The van der Waals surface area contributed by atoms with E-state index in [1.807, 2.05) is 0 Å². The van der Waals surface area contributed by atoms with Crippen LogP contribution >= 0.6 is 0 Å². The molecule has 1 aliphatic heterocycles. The molecule has 1 aliphatic carbocycles. The number of halogens is 2. The quantitative estimate of drug-likeness (QED) is 0.330. The highest BCUT2D eigenvalue weighted by Gasteiger charge is 2.45. The molecule has 2 aliphatic rings. The van der Waals surface area contributed by atoms with E-state index in [1.54, 1.807) is 37.5 Å². The van der Waals surface area contributed by atoms with Crippen molar-refractivity contribution in [2.75, 3.05) is 18.9 Å². The first-order chi connectivity index (χ1) is 18.8. The first-order valence-corrected chi connectivity index (χ1v) is 12.4. The molecule has 1 saturated heterocycles. The van der Waals surface area contributed by atoms with Gasteiger partial charge >= 0.3 is 0 Å². The van der Waals surface area contributed by atoms with Crippen molar-refractivity contribution in [1.29, 1.82) is 0 Å². The summed E-state index contributed by atoms with van der Waals surface area (Å²) in [4.78, 5) is 27.1. The fourth-order valence-corrected chi connectivity index (χ4v) is 4.35. The van der Waals surface area contributed by atoms with Crippen molar-refractivity contribution in [2.45, 2.75) is 43.9 Å². The number of alkyl halides is 2. The number of nitrogens with zero attached hydrogens (tertiary/aromatic N) is 8. The number of amides is 1. The zero-order valence-electron chi connectivity index (χ0n) is 20.9. The molecule has 1 atom stereocenters. The molecule has 1 saturated carbocycles. The lowest BCUT2D eigenvalue weighted by Gasteiger charge is -2.21. The van der Waals surface area contributed by atoms with Crippen LogP contribution in [0.4, 0.5) is 20.4 Å². The third-order valence-electron chi connectivity index (χ3n) is 6.58. The van der Waals surface area contributed by atoms with Crippen molar-refractivity contribution in [3.63, 3.8) is 0 Å². The van der Waals surface area contributed by atoms with Gasteiger partial charge in [-0.3, -0.25) is 14.5 Å². The Bertz CT molecular complexity index is 1520. The molecule has 5 heterocycles. The van der Waals surface area contributed by atoms with E-state index in [4.69, 9.17) is 4.74 Å². The maximum absolute atomic E-state index is 12.9. The van der Waals surface area contributed by atoms with E-state index in [0.717, 1.165) is 17.5 Å². The first kappa shape index (κ1) is 24.9. The summed E-state index contributed by atoms with van der Waals surface area (Å²) in [6.45, 7) is -0.0932. The molecule has 2 N–H and O–H groups in total. The van der Waals surface area contributed by atoms with Crippen LogP contribution in [-0.2, 0) is 16.9 Å². The Labute approximate surface area is 221 Å². The van der Waals surface area contributed by atoms with Crippen LogP contribution in [0.5, 0.6) is 5.88 Å². The van der Waals surface area contributed by atoms with Gasteiger partial charge in [0.15, 0.2) is 11.4 Å². The predicted octanol–water partition coefficient (Wildman–Crippen LogP) is 2.52. The number of aromatic nitrogens is 7.